The molecule has 0 fully saturated rings. The summed E-state index contributed by atoms with van der Waals surface area (Å²) in [5, 5.41) is 0.545. The molecular weight excluding hydrogens is 304 g/mol. The Labute approximate surface area is 133 Å². The zero-order valence-corrected chi connectivity index (χ0v) is 12.8. The van der Waals surface area contributed by atoms with Crippen molar-refractivity contribution in [1.82, 2.24) is 0 Å². The standard InChI is InChI=1S/C17H15ClO4/c1-2-11-21-16(19)14-5-3-4-6-15(14)17(20)22-13-9-7-12(18)8-10-13/h3-10H,2,11H2,1H3. The minimum Gasteiger partial charge on any atom is -0.462 e. The SMILES string of the molecule is CCCOC(=O)c1ccccc1C(=O)Oc1ccc(Cl)cc1. The molecule has 0 aromatic heterocycles. The van der Waals surface area contributed by atoms with Gasteiger partial charge in [0.05, 0.1) is 17.7 Å². The van der Waals surface area contributed by atoms with Crippen molar-refractivity contribution >= 4 is 23.5 Å². The van der Waals surface area contributed by atoms with Gasteiger partial charge in [0.1, 0.15) is 5.75 Å². The van der Waals surface area contributed by atoms with Crippen LogP contribution in [-0.4, -0.2) is 18.5 Å². The van der Waals surface area contributed by atoms with Crippen molar-refractivity contribution in [2.24, 2.45) is 0 Å². The molecule has 0 heterocycles. The molecule has 5 heteroatoms. The van der Waals surface area contributed by atoms with Gasteiger partial charge in [-0.3, -0.25) is 0 Å². The Morgan fingerprint density at radius 1 is 0.955 bits per heavy atom. The van der Waals surface area contributed by atoms with Crippen LogP contribution in [0.1, 0.15) is 34.1 Å². The normalized spacial score (nSPS) is 10.1. The fourth-order valence-electron chi connectivity index (χ4n) is 1.78. The summed E-state index contributed by atoms with van der Waals surface area (Å²) in [7, 11) is 0. The van der Waals surface area contributed by atoms with Crippen LogP contribution in [0.2, 0.25) is 5.02 Å². The summed E-state index contributed by atoms with van der Waals surface area (Å²) in [6.45, 7) is 2.20. The monoisotopic (exact) mass is 318 g/mol. The molecule has 0 N–H and O–H groups in total. The van der Waals surface area contributed by atoms with E-state index in [9.17, 15) is 9.59 Å². The molecule has 114 valence electrons. The van der Waals surface area contributed by atoms with Crippen molar-refractivity contribution in [3.05, 3.63) is 64.7 Å². The average molecular weight is 319 g/mol. The third kappa shape index (κ3) is 4.09. The lowest BCUT2D eigenvalue weighted by molar-refractivity contribution is 0.0496. The molecule has 0 spiro atoms. The second-order valence-electron chi connectivity index (χ2n) is 4.52. The van der Waals surface area contributed by atoms with Gasteiger partial charge >= 0.3 is 11.9 Å². The number of carbonyl (C=O) groups is 2. The van der Waals surface area contributed by atoms with Gasteiger partial charge in [-0.2, -0.15) is 0 Å². The molecular formula is C17H15ClO4. The van der Waals surface area contributed by atoms with E-state index in [-0.39, 0.29) is 11.1 Å². The average Bonchev–Trinajstić information content (AvgIpc) is 2.54. The summed E-state index contributed by atoms with van der Waals surface area (Å²) >= 11 is 5.78. The molecule has 0 aliphatic rings. The molecule has 2 aromatic rings. The topological polar surface area (TPSA) is 52.6 Å². The summed E-state index contributed by atoms with van der Waals surface area (Å²) in [6, 6.07) is 12.8. The predicted octanol–water partition coefficient (Wildman–Crippen LogP) is 4.13. The van der Waals surface area contributed by atoms with Crippen molar-refractivity contribution in [3.63, 3.8) is 0 Å². The highest BCUT2D eigenvalue weighted by molar-refractivity contribution is 6.30. The van der Waals surface area contributed by atoms with Crippen LogP contribution in [0, 0.1) is 0 Å². The highest BCUT2D eigenvalue weighted by Crippen LogP contribution is 2.18. The quantitative estimate of drug-likeness (QED) is 0.614. The Hall–Kier alpha value is -2.33. The van der Waals surface area contributed by atoms with E-state index in [0.717, 1.165) is 0 Å². The number of rotatable bonds is 5. The third-order valence-corrected chi connectivity index (χ3v) is 3.08. The molecule has 22 heavy (non-hydrogen) atoms. The number of carbonyl (C=O) groups excluding carboxylic acids is 2. The highest BCUT2D eigenvalue weighted by atomic mass is 35.5. The molecule has 0 bridgehead atoms. The molecule has 0 saturated heterocycles. The first-order valence-corrected chi connectivity index (χ1v) is 7.23. The van der Waals surface area contributed by atoms with Gasteiger partial charge in [0, 0.05) is 5.02 Å². The number of esters is 2. The Balaban J connectivity index is 2.19. The molecule has 4 nitrogen and oxygen atoms in total. The van der Waals surface area contributed by atoms with Crippen molar-refractivity contribution in [2.75, 3.05) is 6.61 Å². The van der Waals surface area contributed by atoms with E-state index >= 15 is 0 Å². The van der Waals surface area contributed by atoms with E-state index < -0.39 is 11.9 Å². The second kappa shape index (κ2) is 7.61. The molecule has 0 amide bonds. The second-order valence-corrected chi connectivity index (χ2v) is 4.96. The minimum absolute atomic E-state index is 0.165. The highest BCUT2D eigenvalue weighted by Gasteiger charge is 2.19. The molecule has 0 atom stereocenters. The molecule has 0 radical (unpaired) electrons. The van der Waals surface area contributed by atoms with Crippen LogP contribution in [0.4, 0.5) is 0 Å². The molecule has 0 unspecified atom stereocenters. The van der Waals surface area contributed by atoms with E-state index in [1.807, 2.05) is 6.92 Å². The Kier molecular flexibility index (Phi) is 5.55. The zero-order valence-electron chi connectivity index (χ0n) is 12.0. The number of benzene rings is 2. The van der Waals surface area contributed by atoms with Crippen LogP contribution >= 0.6 is 11.6 Å². The number of hydrogen-bond acceptors (Lipinski definition) is 4. The van der Waals surface area contributed by atoms with E-state index in [4.69, 9.17) is 21.1 Å². The molecule has 2 aromatic carbocycles. The maximum atomic E-state index is 12.2. The number of halogens is 1. The summed E-state index contributed by atoms with van der Waals surface area (Å²) in [6.07, 6.45) is 0.711. The van der Waals surface area contributed by atoms with Crippen molar-refractivity contribution < 1.29 is 19.1 Å². The Morgan fingerprint density at radius 3 is 2.14 bits per heavy atom. The van der Waals surface area contributed by atoms with Gasteiger partial charge in [0.15, 0.2) is 0 Å². The summed E-state index contributed by atoms with van der Waals surface area (Å²) in [5.41, 5.74) is 0.355. The first-order valence-electron chi connectivity index (χ1n) is 6.85. The zero-order chi connectivity index (χ0) is 15.9. The van der Waals surface area contributed by atoms with Gasteiger partial charge in [0.25, 0.3) is 0 Å². The maximum Gasteiger partial charge on any atom is 0.344 e. The Morgan fingerprint density at radius 2 is 1.55 bits per heavy atom. The smallest absolute Gasteiger partial charge is 0.344 e. The first-order chi connectivity index (χ1) is 10.6. The van der Waals surface area contributed by atoms with Crippen molar-refractivity contribution in [1.29, 1.82) is 0 Å². The molecule has 0 aliphatic carbocycles. The largest absolute Gasteiger partial charge is 0.462 e. The van der Waals surface area contributed by atoms with Crippen molar-refractivity contribution in [2.45, 2.75) is 13.3 Å². The summed E-state index contributed by atoms with van der Waals surface area (Å²) in [5.74, 6) is -0.803. The summed E-state index contributed by atoms with van der Waals surface area (Å²) in [4.78, 5) is 24.2. The van der Waals surface area contributed by atoms with Gasteiger partial charge in [-0.25, -0.2) is 9.59 Å². The van der Waals surface area contributed by atoms with Crippen LogP contribution in [0.15, 0.2) is 48.5 Å². The Bertz CT molecular complexity index is 665. The number of hydrogen-bond donors (Lipinski definition) is 0. The third-order valence-electron chi connectivity index (χ3n) is 2.83. The van der Waals surface area contributed by atoms with Gasteiger partial charge in [-0.05, 0) is 42.8 Å². The molecule has 2 rings (SSSR count). The summed E-state index contributed by atoms with van der Waals surface area (Å²) < 4.78 is 10.3. The van der Waals surface area contributed by atoms with Crippen molar-refractivity contribution in [3.8, 4) is 5.75 Å². The fourth-order valence-corrected chi connectivity index (χ4v) is 1.90. The van der Waals surface area contributed by atoms with Gasteiger partial charge in [-0.1, -0.05) is 30.7 Å². The van der Waals surface area contributed by atoms with E-state index in [1.165, 1.54) is 12.1 Å². The van der Waals surface area contributed by atoms with Crippen LogP contribution in [-0.2, 0) is 4.74 Å². The number of ether oxygens (including phenoxy) is 2. The van der Waals surface area contributed by atoms with E-state index in [0.29, 0.717) is 23.8 Å². The first kappa shape index (κ1) is 16.0. The maximum absolute atomic E-state index is 12.2. The van der Waals surface area contributed by atoms with Crippen LogP contribution in [0.25, 0.3) is 0 Å². The predicted molar refractivity (Wildman–Crippen MR) is 83.4 cm³/mol. The molecule has 0 saturated carbocycles. The van der Waals surface area contributed by atoms with Gasteiger partial charge < -0.3 is 9.47 Å². The van der Waals surface area contributed by atoms with Crippen LogP contribution < -0.4 is 4.74 Å². The van der Waals surface area contributed by atoms with Crippen LogP contribution in [0.5, 0.6) is 5.75 Å². The lowest BCUT2D eigenvalue weighted by Gasteiger charge is -2.09. The van der Waals surface area contributed by atoms with Gasteiger partial charge in [0.2, 0.25) is 0 Å². The minimum atomic E-state index is -0.619. The lowest BCUT2D eigenvalue weighted by Crippen LogP contribution is -2.16. The molecule has 0 aliphatic heterocycles. The fraction of sp³-hybridized carbons (Fsp3) is 0.176. The van der Waals surface area contributed by atoms with Gasteiger partial charge in [-0.15, -0.1) is 0 Å². The van der Waals surface area contributed by atoms with E-state index in [2.05, 4.69) is 0 Å². The van der Waals surface area contributed by atoms with Crippen LogP contribution in [0.3, 0.4) is 0 Å². The van der Waals surface area contributed by atoms with E-state index in [1.54, 1.807) is 36.4 Å². The lowest BCUT2D eigenvalue weighted by atomic mass is 10.1.